The van der Waals surface area contributed by atoms with Gasteiger partial charge in [-0.2, -0.15) is 4.98 Å². The molecule has 2 heterocycles. The van der Waals surface area contributed by atoms with Gasteiger partial charge in [0.2, 0.25) is 17.7 Å². The van der Waals surface area contributed by atoms with Crippen molar-refractivity contribution >= 4 is 34.5 Å². The molecule has 0 fully saturated rings. The molecule has 39 heavy (non-hydrogen) atoms. The summed E-state index contributed by atoms with van der Waals surface area (Å²) in [6.45, 7) is 4.88. The molecule has 2 N–H and O–H groups in total. The Hall–Kier alpha value is -4.21. The Morgan fingerprint density at radius 3 is 2.64 bits per heavy atom. The standard InChI is InChI=1S/C30H36N6O3/c1-5-7-28(37)32-24-8-6-9-26(20-24)39-29-27(22-14-18-38-19-15-22)21-31-30(34-29)33-23-10-12-25(13-11-23)36(4)17-16-35(2)3/h5-14,20-21H,15-19H2,1-4H3,(H,32,37)(H,31,33,34)/b7-5-. The van der Waals surface area contributed by atoms with Crippen LogP contribution in [0.2, 0.25) is 0 Å². The van der Waals surface area contributed by atoms with Crippen molar-refractivity contribution < 1.29 is 14.3 Å². The van der Waals surface area contributed by atoms with Gasteiger partial charge in [0, 0.05) is 49.5 Å². The predicted molar refractivity (Wildman–Crippen MR) is 157 cm³/mol. The van der Waals surface area contributed by atoms with Crippen LogP contribution in [-0.4, -0.2) is 68.2 Å². The van der Waals surface area contributed by atoms with Crippen LogP contribution in [0.4, 0.5) is 23.0 Å². The number of likely N-dealkylation sites (N-methyl/N-ethyl adjacent to an activating group) is 2. The van der Waals surface area contributed by atoms with Gasteiger partial charge in [0.05, 0.1) is 18.8 Å². The third-order valence-corrected chi connectivity index (χ3v) is 6.14. The van der Waals surface area contributed by atoms with E-state index < -0.39 is 0 Å². The van der Waals surface area contributed by atoms with E-state index in [4.69, 9.17) is 14.5 Å². The number of amides is 1. The van der Waals surface area contributed by atoms with Crippen LogP contribution in [0.3, 0.4) is 0 Å². The summed E-state index contributed by atoms with van der Waals surface area (Å²) < 4.78 is 11.8. The molecule has 204 valence electrons. The van der Waals surface area contributed by atoms with E-state index in [1.807, 2.05) is 36.4 Å². The number of benzene rings is 2. The highest BCUT2D eigenvalue weighted by atomic mass is 16.5. The summed E-state index contributed by atoms with van der Waals surface area (Å²) in [7, 11) is 6.23. The minimum absolute atomic E-state index is 0.203. The Balaban J connectivity index is 1.55. The van der Waals surface area contributed by atoms with Crippen LogP contribution in [0.15, 0.2) is 73.0 Å². The molecule has 9 nitrogen and oxygen atoms in total. The highest BCUT2D eigenvalue weighted by molar-refractivity contribution is 5.99. The second-order valence-corrected chi connectivity index (χ2v) is 9.48. The van der Waals surface area contributed by atoms with E-state index in [9.17, 15) is 4.79 Å². The minimum atomic E-state index is -0.203. The second-order valence-electron chi connectivity index (χ2n) is 9.48. The SMILES string of the molecule is C/C=C\C(=O)Nc1cccc(Oc2nc(Nc3ccc(N(C)CCN(C)C)cc3)ncc2C2=CCOCC2)c1. The van der Waals surface area contributed by atoms with Crippen LogP contribution >= 0.6 is 0 Å². The molecule has 1 aliphatic rings. The van der Waals surface area contributed by atoms with Crippen molar-refractivity contribution in [3.63, 3.8) is 0 Å². The van der Waals surface area contributed by atoms with E-state index in [1.54, 1.807) is 25.3 Å². The van der Waals surface area contributed by atoms with Gasteiger partial charge < -0.3 is 29.9 Å². The summed E-state index contributed by atoms with van der Waals surface area (Å²) in [6, 6.07) is 15.4. The minimum Gasteiger partial charge on any atom is -0.438 e. The van der Waals surface area contributed by atoms with Crippen molar-refractivity contribution in [3.05, 3.63) is 78.5 Å². The lowest BCUT2D eigenvalue weighted by atomic mass is 10.0. The maximum Gasteiger partial charge on any atom is 0.248 e. The number of carbonyl (C=O) groups is 1. The highest BCUT2D eigenvalue weighted by Crippen LogP contribution is 2.33. The lowest BCUT2D eigenvalue weighted by molar-refractivity contribution is -0.111. The molecule has 9 heteroatoms. The number of ether oxygens (including phenoxy) is 2. The number of hydrogen-bond acceptors (Lipinski definition) is 8. The largest absolute Gasteiger partial charge is 0.438 e. The Labute approximate surface area is 230 Å². The van der Waals surface area contributed by atoms with Crippen molar-refractivity contribution in [2.45, 2.75) is 13.3 Å². The molecular formula is C30H36N6O3. The van der Waals surface area contributed by atoms with Crippen molar-refractivity contribution in [1.29, 1.82) is 0 Å². The molecule has 4 rings (SSSR count). The van der Waals surface area contributed by atoms with E-state index >= 15 is 0 Å². The molecule has 0 saturated heterocycles. The first-order chi connectivity index (χ1) is 18.9. The fourth-order valence-corrected chi connectivity index (χ4v) is 3.99. The number of rotatable bonds is 11. The Morgan fingerprint density at radius 2 is 1.92 bits per heavy atom. The highest BCUT2D eigenvalue weighted by Gasteiger charge is 2.17. The number of anilines is 4. The van der Waals surface area contributed by atoms with Gasteiger partial charge in [-0.15, -0.1) is 0 Å². The molecule has 0 saturated carbocycles. The first kappa shape index (κ1) is 27.8. The van der Waals surface area contributed by atoms with Gasteiger partial charge in [0.25, 0.3) is 0 Å². The maximum absolute atomic E-state index is 12.0. The van der Waals surface area contributed by atoms with Gasteiger partial charge in [0.1, 0.15) is 5.75 Å². The molecule has 1 aliphatic heterocycles. The number of nitrogens with one attached hydrogen (secondary N) is 2. The Bertz CT molecular complexity index is 1320. The molecule has 0 bridgehead atoms. The average Bonchev–Trinajstić information content (AvgIpc) is 2.93. The summed E-state index contributed by atoms with van der Waals surface area (Å²) in [4.78, 5) is 25.7. The topological polar surface area (TPSA) is 91.8 Å². The molecule has 0 radical (unpaired) electrons. The predicted octanol–water partition coefficient (Wildman–Crippen LogP) is 5.33. The molecular weight excluding hydrogens is 492 g/mol. The molecule has 1 amide bonds. The third kappa shape index (κ3) is 8.13. The van der Waals surface area contributed by atoms with Gasteiger partial charge in [0.15, 0.2) is 0 Å². The number of hydrogen-bond donors (Lipinski definition) is 2. The van der Waals surface area contributed by atoms with Gasteiger partial charge in [-0.05, 0) is 75.5 Å². The Morgan fingerprint density at radius 1 is 1.10 bits per heavy atom. The van der Waals surface area contributed by atoms with Gasteiger partial charge in [-0.25, -0.2) is 4.98 Å². The summed E-state index contributed by atoms with van der Waals surface area (Å²) in [5.74, 6) is 1.20. The molecule has 0 spiro atoms. The number of allylic oxidation sites excluding steroid dienone is 1. The summed E-state index contributed by atoms with van der Waals surface area (Å²) in [5.41, 5.74) is 4.52. The Kier molecular flexibility index (Phi) is 9.66. The zero-order chi connectivity index (χ0) is 27.6. The summed E-state index contributed by atoms with van der Waals surface area (Å²) >= 11 is 0. The molecule has 3 aromatic rings. The lowest BCUT2D eigenvalue weighted by Gasteiger charge is -2.22. The van der Waals surface area contributed by atoms with Crippen LogP contribution < -0.4 is 20.3 Å². The zero-order valence-electron chi connectivity index (χ0n) is 23.0. The number of nitrogens with zero attached hydrogens (tertiary/aromatic N) is 4. The third-order valence-electron chi connectivity index (χ3n) is 6.14. The lowest BCUT2D eigenvalue weighted by Crippen LogP contribution is -2.28. The van der Waals surface area contributed by atoms with Crippen molar-refractivity contribution in [2.75, 3.05) is 63.0 Å². The number of carbonyl (C=O) groups excluding carboxylic acids is 1. The van der Waals surface area contributed by atoms with Gasteiger partial charge in [-0.1, -0.05) is 18.2 Å². The molecule has 2 aromatic carbocycles. The van der Waals surface area contributed by atoms with E-state index in [0.717, 1.165) is 42.0 Å². The number of aromatic nitrogens is 2. The maximum atomic E-state index is 12.0. The van der Waals surface area contributed by atoms with E-state index in [1.165, 1.54) is 6.08 Å². The molecule has 0 aliphatic carbocycles. The summed E-state index contributed by atoms with van der Waals surface area (Å²) in [5, 5.41) is 6.12. The van der Waals surface area contributed by atoms with Crippen LogP contribution in [-0.2, 0) is 9.53 Å². The quantitative estimate of drug-likeness (QED) is 0.323. The monoisotopic (exact) mass is 528 g/mol. The molecule has 1 aromatic heterocycles. The normalized spacial score (nSPS) is 13.3. The van der Waals surface area contributed by atoms with Crippen molar-refractivity contribution in [3.8, 4) is 11.6 Å². The van der Waals surface area contributed by atoms with Crippen LogP contribution in [0.5, 0.6) is 11.6 Å². The van der Waals surface area contributed by atoms with Gasteiger partial charge >= 0.3 is 0 Å². The van der Waals surface area contributed by atoms with Crippen molar-refractivity contribution in [2.24, 2.45) is 0 Å². The van der Waals surface area contributed by atoms with Gasteiger partial charge in [-0.3, -0.25) is 4.79 Å². The van der Waals surface area contributed by atoms with E-state index in [0.29, 0.717) is 36.5 Å². The smallest absolute Gasteiger partial charge is 0.248 e. The van der Waals surface area contributed by atoms with E-state index in [-0.39, 0.29) is 5.91 Å². The fourth-order valence-electron chi connectivity index (χ4n) is 3.99. The second kappa shape index (κ2) is 13.5. The zero-order valence-corrected chi connectivity index (χ0v) is 23.0. The average molecular weight is 529 g/mol. The van der Waals surface area contributed by atoms with Crippen LogP contribution in [0.1, 0.15) is 18.9 Å². The first-order valence-electron chi connectivity index (χ1n) is 13.0. The van der Waals surface area contributed by atoms with E-state index in [2.05, 4.69) is 58.7 Å². The first-order valence-corrected chi connectivity index (χ1v) is 13.0. The van der Waals surface area contributed by atoms with Crippen LogP contribution in [0, 0.1) is 0 Å². The van der Waals surface area contributed by atoms with Crippen LogP contribution in [0.25, 0.3) is 5.57 Å². The molecule has 0 atom stereocenters. The molecule has 0 unspecified atom stereocenters. The van der Waals surface area contributed by atoms with Crippen molar-refractivity contribution in [1.82, 2.24) is 14.9 Å². The summed E-state index contributed by atoms with van der Waals surface area (Å²) in [6.07, 6.45) is 7.72. The fraction of sp³-hybridized carbons (Fsp3) is 0.300.